The molecule has 0 bridgehead atoms. The Morgan fingerprint density at radius 3 is 2.69 bits per heavy atom. The Kier molecular flexibility index (Phi) is 5.38. The molecule has 0 fully saturated rings. The standard InChI is InChI=1S/C24H21N3O2/c1-29-22-12-9-18(10-13-22)11-14-24(28)26-21-15-25-27(17-21)16-20-7-4-6-19-5-2-3-8-23(19)20/h2-15,17H,16H2,1H3,(H,26,28)/b14-11+. The Balaban J connectivity index is 1.41. The van der Waals surface area contributed by atoms with E-state index in [4.69, 9.17) is 4.74 Å². The fraction of sp³-hybridized carbons (Fsp3) is 0.0833. The number of rotatable bonds is 6. The molecule has 1 aromatic heterocycles. The Hall–Kier alpha value is -3.86. The molecule has 29 heavy (non-hydrogen) atoms. The van der Waals surface area contributed by atoms with E-state index in [1.54, 1.807) is 19.4 Å². The number of ether oxygens (including phenoxy) is 1. The molecule has 5 heteroatoms. The molecule has 0 aliphatic carbocycles. The maximum atomic E-state index is 12.2. The highest BCUT2D eigenvalue weighted by Gasteiger charge is 2.05. The smallest absolute Gasteiger partial charge is 0.248 e. The van der Waals surface area contributed by atoms with E-state index in [0.717, 1.165) is 11.3 Å². The molecule has 0 unspecified atom stereocenters. The summed E-state index contributed by atoms with van der Waals surface area (Å²) in [6.45, 7) is 0.638. The van der Waals surface area contributed by atoms with E-state index in [-0.39, 0.29) is 5.91 Å². The van der Waals surface area contributed by atoms with Gasteiger partial charge in [-0.05, 0) is 40.1 Å². The van der Waals surface area contributed by atoms with Gasteiger partial charge >= 0.3 is 0 Å². The van der Waals surface area contributed by atoms with Gasteiger partial charge in [-0.15, -0.1) is 0 Å². The lowest BCUT2D eigenvalue weighted by Crippen LogP contribution is -2.07. The summed E-state index contributed by atoms with van der Waals surface area (Å²) in [4.78, 5) is 12.2. The molecule has 5 nitrogen and oxygen atoms in total. The summed E-state index contributed by atoms with van der Waals surface area (Å²) < 4.78 is 6.95. The molecular formula is C24H21N3O2. The fourth-order valence-electron chi connectivity index (χ4n) is 3.19. The van der Waals surface area contributed by atoms with E-state index in [0.29, 0.717) is 12.2 Å². The van der Waals surface area contributed by atoms with E-state index in [1.165, 1.54) is 22.4 Å². The lowest BCUT2D eigenvalue weighted by atomic mass is 10.0. The molecule has 0 radical (unpaired) electrons. The predicted molar refractivity (Wildman–Crippen MR) is 116 cm³/mol. The average molecular weight is 383 g/mol. The van der Waals surface area contributed by atoms with Crippen molar-refractivity contribution in [1.82, 2.24) is 9.78 Å². The van der Waals surface area contributed by atoms with Crippen LogP contribution < -0.4 is 10.1 Å². The number of nitrogens with one attached hydrogen (secondary N) is 1. The minimum Gasteiger partial charge on any atom is -0.497 e. The second kappa shape index (κ2) is 8.44. The molecule has 0 aliphatic heterocycles. The van der Waals surface area contributed by atoms with Crippen LogP contribution in [0.2, 0.25) is 0 Å². The number of hydrogen-bond acceptors (Lipinski definition) is 3. The van der Waals surface area contributed by atoms with Crippen LogP contribution in [0.1, 0.15) is 11.1 Å². The van der Waals surface area contributed by atoms with Crippen LogP contribution in [0.4, 0.5) is 5.69 Å². The van der Waals surface area contributed by atoms with Crippen molar-refractivity contribution in [1.29, 1.82) is 0 Å². The van der Waals surface area contributed by atoms with Crippen LogP contribution in [0, 0.1) is 0 Å². The molecule has 144 valence electrons. The van der Waals surface area contributed by atoms with Crippen LogP contribution >= 0.6 is 0 Å². The highest BCUT2D eigenvalue weighted by atomic mass is 16.5. The number of aromatic nitrogens is 2. The van der Waals surface area contributed by atoms with Gasteiger partial charge in [0, 0.05) is 12.3 Å². The molecule has 0 spiro atoms. The number of anilines is 1. The SMILES string of the molecule is COc1ccc(/C=C/C(=O)Nc2cnn(Cc3cccc4ccccc34)c2)cc1. The normalized spacial score (nSPS) is 11.1. The molecule has 1 amide bonds. The molecule has 0 saturated carbocycles. The molecule has 3 aromatic carbocycles. The number of nitrogens with zero attached hydrogens (tertiary/aromatic N) is 2. The van der Waals surface area contributed by atoms with E-state index in [2.05, 4.69) is 34.7 Å². The molecule has 0 saturated heterocycles. The molecule has 4 aromatic rings. The zero-order valence-electron chi connectivity index (χ0n) is 16.1. The maximum Gasteiger partial charge on any atom is 0.248 e. The van der Waals surface area contributed by atoms with Crippen LogP contribution in [0.15, 0.2) is 85.2 Å². The summed E-state index contributed by atoms with van der Waals surface area (Å²) in [6, 6.07) is 22.0. The summed E-state index contributed by atoms with van der Waals surface area (Å²) in [5.41, 5.74) is 2.77. The van der Waals surface area contributed by atoms with Gasteiger partial charge in [0.25, 0.3) is 0 Å². The zero-order valence-corrected chi connectivity index (χ0v) is 16.1. The van der Waals surface area contributed by atoms with Crippen LogP contribution in [-0.2, 0) is 11.3 Å². The highest BCUT2D eigenvalue weighted by molar-refractivity contribution is 6.01. The summed E-state index contributed by atoms with van der Waals surface area (Å²) in [5, 5.41) is 9.63. The number of hydrogen-bond donors (Lipinski definition) is 1. The van der Waals surface area contributed by atoms with Crippen LogP contribution in [0.5, 0.6) is 5.75 Å². The monoisotopic (exact) mass is 383 g/mol. The Bertz CT molecular complexity index is 1150. The van der Waals surface area contributed by atoms with Gasteiger partial charge in [0.1, 0.15) is 5.75 Å². The van der Waals surface area contributed by atoms with Crippen molar-refractivity contribution in [2.24, 2.45) is 0 Å². The first-order valence-corrected chi connectivity index (χ1v) is 9.33. The number of fused-ring (bicyclic) bond motifs is 1. The summed E-state index contributed by atoms with van der Waals surface area (Å²) >= 11 is 0. The third-order valence-corrected chi connectivity index (χ3v) is 4.66. The Labute approximate surface area is 169 Å². The van der Waals surface area contributed by atoms with E-state index in [9.17, 15) is 4.79 Å². The zero-order chi connectivity index (χ0) is 20.1. The fourth-order valence-corrected chi connectivity index (χ4v) is 3.19. The molecule has 1 heterocycles. The van der Waals surface area contributed by atoms with Gasteiger partial charge in [0.15, 0.2) is 0 Å². The molecule has 0 aliphatic rings. The predicted octanol–water partition coefficient (Wildman–Crippen LogP) is 4.75. The van der Waals surface area contributed by atoms with Crippen molar-refractivity contribution in [3.63, 3.8) is 0 Å². The van der Waals surface area contributed by atoms with Crippen molar-refractivity contribution in [3.05, 3.63) is 96.3 Å². The summed E-state index contributed by atoms with van der Waals surface area (Å²) in [6.07, 6.45) is 6.75. The largest absolute Gasteiger partial charge is 0.497 e. The average Bonchev–Trinajstić information content (AvgIpc) is 3.19. The summed E-state index contributed by atoms with van der Waals surface area (Å²) in [7, 11) is 1.62. The number of methoxy groups -OCH3 is 1. The van der Waals surface area contributed by atoms with Crippen molar-refractivity contribution in [2.45, 2.75) is 6.54 Å². The second-order valence-electron chi connectivity index (χ2n) is 6.66. The van der Waals surface area contributed by atoms with Gasteiger partial charge in [-0.2, -0.15) is 5.10 Å². The third-order valence-electron chi connectivity index (χ3n) is 4.66. The first-order valence-electron chi connectivity index (χ1n) is 9.33. The van der Waals surface area contributed by atoms with Gasteiger partial charge < -0.3 is 10.1 Å². The van der Waals surface area contributed by atoms with Crippen LogP contribution in [-0.4, -0.2) is 22.8 Å². The number of carbonyl (C=O) groups excluding carboxylic acids is 1. The van der Waals surface area contributed by atoms with Crippen LogP contribution in [0.3, 0.4) is 0 Å². The van der Waals surface area contributed by atoms with Crippen molar-refractivity contribution >= 4 is 28.4 Å². The Morgan fingerprint density at radius 2 is 1.86 bits per heavy atom. The van der Waals surface area contributed by atoms with Crippen molar-refractivity contribution in [3.8, 4) is 5.75 Å². The molecule has 4 rings (SSSR count). The van der Waals surface area contributed by atoms with Crippen molar-refractivity contribution in [2.75, 3.05) is 12.4 Å². The topological polar surface area (TPSA) is 56.1 Å². The minimum atomic E-state index is -0.203. The summed E-state index contributed by atoms with van der Waals surface area (Å²) in [5.74, 6) is 0.579. The van der Waals surface area contributed by atoms with Gasteiger partial charge in [0.05, 0.1) is 25.5 Å². The van der Waals surface area contributed by atoms with Gasteiger partial charge in [-0.25, -0.2) is 0 Å². The second-order valence-corrected chi connectivity index (χ2v) is 6.66. The van der Waals surface area contributed by atoms with Crippen molar-refractivity contribution < 1.29 is 9.53 Å². The van der Waals surface area contributed by atoms with Crippen LogP contribution in [0.25, 0.3) is 16.8 Å². The minimum absolute atomic E-state index is 0.203. The molecule has 0 atom stereocenters. The third kappa shape index (κ3) is 4.52. The lowest BCUT2D eigenvalue weighted by molar-refractivity contribution is -0.111. The Morgan fingerprint density at radius 1 is 1.07 bits per heavy atom. The molecular weight excluding hydrogens is 362 g/mol. The van der Waals surface area contributed by atoms with Gasteiger partial charge in [-0.3, -0.25) is 9.48 Å². The van der Waals surface area contributed by atoms with E-state index in [1.807, 2.05) is 53.3 Å². The molecule has 1 N–H and O–H groups in total. The maximum absolute atomic E-state index is 12.2. The van der Waals surface area contributed by atoms with Gasteiger partial charge in [0.2, 0.25) is 5.91 Å². The van der Waals surface area contributed by atoms with Gasteiger partial charge in [-0.1, -0.05) is 54.6 Å². The number of benzene rings is 3. The van der Waals surface area contributed by atoms with E-state index >= 15 is 0 Å². The first-order chi connectivity index (χ1) is 14.2. The number of carbonyl (C=O) groups is 1. The first kappa shape index (κ1) is 18.5. The van der Waals surface area contributed by atoms with E-state index < -0.39 is 0 Å². The lowest BCUT2D eigenvalue weighted by Gasteiger charge is -2.06. The number of amides is 1. The highest BCUT2D eigenvalue weighted by Crippen LogP contribution is 2.20. The quantitative estimate of drug-likeness (QED) is 0.489.